The molecule has 24 heavy (non-hydrogen) atoms. The molecule has 0 fully saturated rings. The van der Waals surface area contributed by atoms with Crippen LogP contribution in [0.2, 0.25) is 0 Å². The molecule has 0 saturated heterocycles. The third-order valence-electron chi connectivity index (χ3n) is 3.33. The molecule has 0 unspecified atom stereocenters. The molecule has 4 nitrogen and oxygen atoms in total. The zero-order valence-electron chi connectivity index (χ0n) is 13.3. The summed E-state index contributed by atoms with van der Waals surface area (Å²) in [4.78, 5) is 21.6. The van der Waals surface area contributed by atoms with E-state index in [0.717, 1.165) is 0 Å². The van der Waals surface area contributed by atoms with Gasteiger partial charge in [-0.3, -0.25) is 9.59 Å². The monoisotopic (exact) mass is 362 g/mol. The van der Waals surface area contributed by atoms with Crippen molar-refractivity contribution < 1.29 is 41.4 Å². The highest BCUT2D eigenvalue weighted by Crippen LogP contribution is 2.39. The van der Waals surface area contributed by atoms with Gasteiger partial charge in [-0.15, -0.1) is 0 Å². The molecule has 0 bridgehead atoms. The van der Waals surface area contributed by atoms with E-state index in [2.05, 4.69) is 0 Å². The molecule has 0 aliphatic heterocycles. The fraction of sp³-hybridized carbons (Fsp3) is 0.867. The number of aliphatic carboxylic acids is 1. The van der Waals surface area contributed by atoms with Gasteiger partial charge in [0.15, 0.2) is 0 Å². The topological polar surface area (TPSA) is 63.6 Å². The highest BCUT2D eigenvalue weighted by molar-refractivity contribution is 5.69. The van der Waals surface area contributed by atoms with Crippen LogP contribution in [-0.4, -0.2) is 35.8 Å². The van der Waals surface area contributed by atoms with Crippen molar-refractivity contribution in [2.45, 2.75) is 76.3 Å². The van der Waals surface area contributed by atoms with Crippen LogP contribution in [0.3, 0.4) is 0 Å². The van der Waals surface area contributed by atoms with Gasteiger partial charge in [0, 0.05) is 19.3 Å². The second-order valence-corrected chi connectivity index (χ2v) is 5.54. The maximum Gasteiger partial charge on any atom is 0.453 e. The Bertz CT molecular complexity index is 383. The summed E-state index contributed by atoms with van der Waals surface area (Å²) >= 11 is 0. The average molecular weight is 362 g/mol. The molecule has 9 heteroatoms. The van der Waals surface area contributed by atoms with Gasteiger partial charge in [0.25, 0.3) is 0 Å². The lowest BCUT2D eigenvalue weighted by molar-refractivity contribution is -0.284. The van der Waals surface area contributed by atoms with Gasteiger partial charge in [0.2, 0.25) is 0 Å². The molecule has 0 amide bonds. The van der Waals surface area contributed by atoms with Gasteiger partial charge < -0.3 is 9.84 Å². The van der Waals surface area contributed by atoms with Crippen molar-refractivity contribution in [2.75, 3.05) is 6.61 Å². The van der Waals surface area contributed by atoms with Crippen LogP contribution in [0.4, 0.5) is 22.0 Å². The van der Waals surface area contributed by atoms with Crippen molar-refractivity contribution >= 4 is 11.9 Å². The molecule has 0 aliphatic carbocycles. The van der Waals surface area contributed by atoms with E-state index in [4.69, 9.17) is 9.84 Å². The fourth-order valence-corrected chi connectivity index (χ4v) is 1.92. The molecule has 0 aromatic carbocycles. The molecule has 0 heterocycles. The van der Waals surface area contributed by atoms with Crippen LogP contribution in [0.5, 0.6) is 0 Å². The molecule has 0 aromatic heterocycles. The molecular weight excluding hydrogens is 339 g/mol. The summed E-state index contributed by atoms with van der Waals surface area (Å²) in [5.41, 5.74) is 0. The summed E-state index contributed by atoms with van der Waals surface area (Å²) in [5, 5.41) is 8.42. The number of carbonyl (C=O) groups is 2. The van der Waals surface area contributed by atoms with Crippen molar-refractivity contribution in [3.63, 3.8) is 0 Å². The minimum absolute atomic E-state index is 0.0580. The first-order chi connectivity index (χ1) is 11.1. The first-order valence-electron chi connectivity index (χ1n) is 7.88. The summed E-state index contributed by atoms with van der Waals surface area (Å²) < 4.78 is 65.8. The van der Waals surface area contributed by atoms with Crippen LogP contribution in [0.1, 0.15) is 64.2 Å². The van der Waals surface area contributed by atoms with E-state index in [0.29, 0.717) is 32.1 Å². The van der Waals surface area contributed by atoms with Gasteiger partial charge in [0.05, 0.1) is 6.61 Å². The van der Waals surface area contributed by atoms with E-state index < -0.39 is 30.5 Å². The largest absolute Gasteiger partial charge is 0.481 e. The predicted molar refractivity (Wildman–Crippen MR) is 75.8 cm³/mol. The molecular formula is C15H23F5O4. The second kappa shape index (κ2) is 11.2. The zero-order chi connectivity index (χ0) is 18.6. The summed E-state index contributed by atoms with van der Waals surface area (Å²) in [5.74, 6) is -5.96. The molecule has 0 atom stereocenters. The third-order valence-corrected chi connectivity index (χ3v) is 3.33. The predicted octanol–water partition coefficient (Wildman–Crippen LogP) is 4.71. The Morgan fingerprint density at radius 1 is 0.792 bits per heavy atom. The maximum atomic E-state index is 12.6. The average Bonchev–Trinajstić information content (AvgIpc) is 2.44. The van der Waals surface area contributed by atoms with Crippen LogP contribution in [0, 0.1) is 0 Å². The summed E-state index contributed by atoms with van der Waals surface area (Å²) in [7, 11) is 0. The fourth-order valence-electron chi connectivity index (χ4n) is 1.92. The lowest BCUT2D eigenvalue weighted by atomic mass is 10.1. The summed E-state index contributed by atoms with van der Waals surface area (Å²) in [6, 6.07) is 0. The molecule has 0 aromatic rings. The molecule has 0 rings (SSSR count). The van der Waals surface area contributed by atoms with E-state index >= 15 is 0 Å². The number of unbranched alkanes of at least 4 members (excludes halogenated alkanes) is 5. The van der Waals surface area contributed by atoms with E-state index in [-0.39, 0.29) is 32.3 Å². The van der Waals surface area contributed by atoms with Gasteiger partial charge in [-0.1, -0.05) is 19.3 Å². The first kappa shape index (κ1) is 22.6. The Morgan fingerprint density at radius 3 is 1.92 bits per heavy atom. The number of alkyl halides is 5. The number of ether oxygens (including phenoxy) is 1. The number of carboxylic acids is 1. The number of hydrogen-bond acceptors (Lipinski definition) is 3. The van der Waals surface area contributed by atoms with Crippen molar-refractivity contribution in [3.05, 3.63) is 0 Å². The van der Waals surface area contributed by atoms with Crippen LogP contribution in [0.25, 0.3) is 0 Å². The lowest BCUT2D eigenvalue weighted by Crippen LogP contribution is -2.36. The zero-order valence-corrected chi connectivity index (χ0v) is 13.3. The van der Waals surface area contributed by atoms with Crippen molar-refractivity contribution in [2.24, 2.45) is 0 Å². The highest BCUT2D eigenvalue weighted by atomic mass is 19.4. The van der Waals surface area contributed by atoms with Gasteiger partial charge >= 0.3 is 24.0 Å². The highest BCUT2D eigenvalue weighted by Gasteiger charge is 2.56. The van der Waals surface area contributed by atoms with Crippen molar-refractivity contribution in [1.82, 2.24) is 0 Å². The number of esters is 1. The number of carbonyl (C=O) groups excluding carboxylic acids is 1. The Labute approximate surface area is 137 Å². The van der Waals surface area contributed by atoms with Gasteiger partial charge in [-0.25, -0.2) is 0 Å². The molecule has 0 aliphatic rings. The summed E-state index contributed by atoms with van der Waals surface area (Å²) in [6.07, 6.45) is -4.11. The normalized spacial score (nSPS) is 12.2. The Kier molecular flexibility index (Phi) is 10.5. The maximum absolute atomic E-state index is 12.6. The summed E-state index contributed by atoms with van der Waals surface area (Å²) in [6.45, 7) is 0.101. The number of halogens is 5. The third kappa shape index (κ3) is 11.2. The van der Waals surface area contributed by atoms with E-state index in [1.54, 1.807) is 0 Å². The van der Waals surface area contributed by atoms with Gasteiger partial charge in [-0.2, -0.15) is 22.0 Å². The SMILES string of the molecule is O=C(O)CCCCCC(=O)OCCCCCCC(F)(F)C(F)(F)F. The molecule has 0 saturated carbocycles. The second-order valence-electron chi connectivity index (χ2n) is 5.54. The number of rotatable bonds is 13. The minimum atomic E-state index is -5.51. The number of hydrogen-bond donors (Lipinski definition) is 1. The molecule has 0 radical (unpaired) electrons. The van der Waals surface area contributed by atoms with Crippen molar-refractivity contribution in [1.29, 1.82) is 0 Å². The Hall–Kier alpha value is -1.41. The number of carboxylic acid groups (broad SMARTS) is 1. The lowest BCUT2D eigenvalue weighted by Gasteiger charge is -2.19. The van der Waals surface area contributed by atoms with Crippen LogP contribution in [0.15, 0.2) is 0 Å². The Balaban J connectivity index is 3.50. The molecule has 142 valence electrons. The van der Waals surface area contributed by atoms with E-state index in [9.17, 15) is 31.5 Å². The minimum Gasteiger partial charge on any atom is -0.481 e. The molecule has 0 spiro atoms. The quantitative estimate of drug-likeness (QED) is 0.293. The van der Waals surface area contributed by atoms with E-state index in [1.165, 1.54) is 0 Å². The van der Waals surface area contributed by atoms with E-state index in [1.807, 2.05) is 0 Å². The van der Waals surface area contributed by atoms with Gasteiger partial charge in [-0.05, 0) is 25.7 Å². The van der Waals surface area contributed by atoms with Crippen LogP contribution < -0.4 is 0 Å². The van der Waals surface area contributed by atoms with Crippen molar-refractivity contribution in [3.8, 4) is 0 Å². The Morgan fingerprint density at radius 2 is 1.33 bits per heavy atom. The molecule has 1 N–H and O–H groups in total. The standard InChI is InChI=1S/C15H23F5O4/c16-14(17,15(18,19)20)10-6-1-2-7-11-24-13(23)9-5-3-4-8-12(21)22/h1-11H2,(H,21,22). The first-order valence-corrected chi connectivity index (χ1v) is 7.88. The van der Waals surface area contributed by atoms with Crippen LogP contribution >= 0.6 is 0 Å². The van der Waals surface area contributed by atoms with Gasteiger partial charge in [0.1, 0.15) is 0 Å². The van der Waals surface area contributed by atoms with Crippen LogP contribution in [-0.2, 0) is 14.3 Å². The smallest absolute Gasteiger partial charge is 0.453 e.